The fourth-order valence-corrected chi connectivity index (χ4v) is 11.2. The molecular formula is C34H49NO4Si. The van der Waals surface area contributed by atoms with Crippen LogP contribution in [0.2, 0.25) is 5.04 Å². The third kappa shape index (κ3) is 5.95. The average molecular weight is 564 g/mol. The first-order chi connectivity index (χ1) is 18.5. The SMILES string of the molecule is CC(C)(C)/C=C1\[C@@H](O[Si](c2ccccc2)(c2ccccc2)C(C)(C)C)CC[C@H]1OC(=O)N1C(C)(C)COC1(C)C. The second kappa shape index (κ2) is 10.8. The maximum atomic E-state index is 13.7. The molecule has 1 heterocycles. The number of rotatable bonds is 5. The second-order valence-corrected chi connectivity index (χ2v) is 18.9. The van der Waals surface area contributed by atoms with E-state index in [1.807, 2.05) is 27.7 Å². The number of amides is 1. The third-order valence-electron chi connectivity index (χ3n) is 8.12. The van der Waals surface area contributed by atoms with E-state index in [0.717, 1.165) is 18.4 Å². The molecule has 40 heavy (non-hydrogen) atoms. The molecule has 5 nitrogen and oxygen atoms in total. The molecule has 1 amide bonds. The van der Waals surface area contributed by atoms with Crippen molar-refractivity contribution >= 4 is 24.8 Å². The van der Waals surface area contributed by atoms with Gasteiger partial charge in [-0.2, -0.15) is 0 Å². The fraction of sp³-hybridized carbons (Fsp3) is 0.559. The Morgan fingerprint density at radius 3 is 1.80 bits per heavy atom. The molecule has 6 heteroatoms. The molecule has 0 N–H and O–H groups in total. The summed E-state index contributed by atoms with van der Waals surface area (Å²) < 4.78 is 19.9. The van der Waals surface area contributed by atoms with Gasteiger partial charge >= 0.3 is 6.09 Å². The molecule has 2 atom stereocenters. The highest BCUT2D eigenvalue weighted by Crippen LogP contribution is 2.43. The minimum absolute atomic E-state index is 0.104. The van der Waals surface area contributed by atoms with Crippen molar-refractivity contribution < 1.29 is 18.7 Å². The van der Waals surface area contributed by atoms with Crippen molar-refractivity contribution in [1.29, 1.82) is 0 Å². The Morgan fingerprint density at radius 2 is 1.38 bits per heavy atom. The Balaban J connectivity index is 1.75. The summed E-state index contributed by atoms with van der Waals surface area (Å²) in [5.74, 6) is 0. The summed E-state index contributed by atoms with van der Waals surface area (Å²) >= 11 is 0. The van der Waals surface area contributed by atoms with Crippen molar-refractivity contribution in [3.8, 4) is 0 Å². The van der Waals surface area contributed by atoms with E-state index in [1.165, 1.54) is 10.4 Å². The summed E-state index contributed by atoms with van der Waals surface area (Å²) in [6, 6.07) is 21.5. The minimum Gasteiger partial charge on any atom is -0.441 e. The monoisotopic (exact) mass is 563 g/mol. The largest absolute Gasteiger partial charge is 0.441 e. The van der Waals surface area contributed by atoms with Crippen LogP contribution in [0.4, 0.5) is 4.79 Å². The van der Waals surface area contributed by atoms with Gasteiger partial charge in [0.1, 0.15) is 11.8 Å². The number of allylic oxidation sites excluding steroid dienone is 1. The van der Waals surface area contributed by atoms with Crippen LogP contribution in [0.5, 0.6) is 0 Å². The lowest BCUT2D eigenvalue weighted by Crippen LogP contribution is -2.67. The molecule has 0 radical (unpaired) electrons. The van der Waals surface area contributed by atoms with Gasteiger partial charge in [0, 0.05) is 0 Å². The van der Waals surface area contributed by atoms with Gasteiger partial charge in [0.05, 0.1) is 18.2 Å². The average Bonchev–Trinajstić information content (AvgIpc) is 3.31. The van der Waals surface area contributed by atoms with Crippen molar-refractivity contribution in [3.63, 3.8) is 0 Å². The van der Waals surface area contributed by atoms with Crippen LogP contribution >= 0.6 is 0 Å². The zero-order valence-electron chi connectivity index (χ0n) is 26.2. The van der Waals surface area contributed by atoms with Crippen molar-refractivity contribution in [2.45, 2.75) is 111 Å². The van der Waals surface area contributed by atoms with E-state index in [4.69, 9.17) is 13.9 Å². The Morgan fingerprint density at radius 1 is 0.875 bits per heavy atom. The highest BCUT2D eigenvalue weighted by molar-refractivity contribution is 6.99. The first-order valence-corrected chi connectivity index (χ1v) is 16.6. The summed E-state index contributed by atoms with van der Waals surface area (Å²) in [5.41, 5.74) is -0.202. The molecule has 2 aliphatic rings. The van der Waals surface area contributed by atoms with E-state index in [9.17, 15) is 4.79 Å². The van der Waals surface area contributed by atoms with Crippen LogP contribution in [0.1, 0.15) is 82.1 Å². The van der Waals surface area contributed by atoms with Crippen molar-refractivity contribution in [2.75, 3.05) is 6.61 Å². The molecule has 2 aromatic carbocycles. The van der Waals surface area contributed by atoms with Gasteiger partial charge in [-0.15, -0.1) is 0 Å². The molecule has 1 saturated heterocycles. The molecule has 0 aromatic heterocycles. The van der Waals surface area contributed by atoms with Crippen LogP contribution in [0.3, 0.4) is 0 Å². The summed E-state index contributed by atoms with van der Waals surface area (Å²) in [6.45, 7) is 21.9. The number of benzene rings is 2. The number of ether oxygens (including phenoxy) is 2. The van der Waals surface area contributed by atoms with E-state index >= 15 is 0 Å². The first-order valence-electron chi connectivity index (χ1n) is 14.6. The van der Waals surface area contributed by atoms with Crippen molar-refractivity contribution in [1.82, 2.24) is 4.90 Å². The lowest BCUT2D eigenvalue weighted by Gasteiger charge is -2.45. The Bertz CT molecular complexity index is 1150. The highest BCUT2D eigenvalue weighted by Gasteiger charge is 2.54. The van der Waals surface area contributed by atoms with E-state index < -0.39 is 19.6 Å². The molecule has 4 rings (SSSR count). The summed E-state index contributed by atoms with van der Waals surface area (Å²) in [6.07, 6.45) is 2.97. The Hall–Kier alpha value is -2.41. The molecular weight excluding hydrogens is 514 g/mol. The topological polar surface area (TPSA) is 48.0 Å². The fourth-order valence-electron chi connectivity index (χ4n) is 6.54. The van der Waals surface area contributed by atoms with Crippen LogP contribution in [0.15, 0.2) is 72.3 Å². The molecule has 1 saturated carbocycles. The molecule has 0 spiro atoms. The van der Waals surface area contributed by atoms with E-state index in [1.54, 1.807) is 4.90 Å². The minimum atomic E-state index is -2.78. The zero-order chi connectivity index (χ0) is 29.6. The van der Waals surface area contributed by atoms with Gasteiger partial charge in [-0.05, 0) is 66.9 Å². The van der Waals surface area contributed by atoms with Gasteiger partial charge < -0.3 is 13.9 Å². The van der Waals surface area contributed by atoms with Crippen LogP contribution in [0, 0.1) is 5.41 Å². The number of carbonyl (C=O) groups is 1. The molecule has 0 unspecified atom stereocenters. The molecule has 218 valence electrons. The molecule has 2 fully saturated rings. The van der Waals surface area contributed by atoms with Gasteiger partial charge in [0.25, 0.3) is 8.32 Å². The number of hydrogen-bond donors (Lipinski definition) is 0. The first kappa shape index (κ1) is 30.5. The van der Waals surface area contributed by atoms with E-state index in [0.29, 0.717) is 6.61 Å². The summed E-state index contributed by atoms with van der Waals surface area (Å²) in [4.78, 5) is 15.5. The Kier molecular flexibility index (Phi) is 8.22. The molecule has 2 aromatic rings. The summed E-state index contributed by atoms with van der Waals surface area (Å²) in [7, 11) is -2.78. The van der Waals surface area contributed by atoms with Crippen molar-refractivity contribution in [2.24, 2.45) is 5.41 Å². The van der Waals surface area contributed by atoms with Crippen molar-refractivity contribution in [3.05, 3.63) is 72.3 Å². The predicted molar refractivity (Wildman–Crippen MR) is 165 cm³/mol. The number of carbonyl (C=O) groups excluding carboxylic acids is 1. The van der Waals surface area contributed by atoms with Gasteiger partial charge in [0.15, 0.2) is 0 Å². The summed E-state index contributed by atoms with van der Waals surface area (Å²) in [5, 5.41) is 2.36. The van der Waals surface area contributed by atoms with Gasteiger partial charge in [0.2, 0.25) is 0 Å². The Labute approximate surface area is 243 Å². The van der Waals surface area contributed by atoms with Crippen LogP contribution in [-0.4, -0.2) is 49.4 Å². The third-order valence-corrected chi connectivity index (χ3v) is 13.2. The molecule has 0 bridgehead atoms. The van der Waals surface area contributed by atoms with Gasteiger partial charge in [-0.25, -0.2) is 4.79 Å². The van der Waals surface area contributed by atoms with Crippen LogP contribution in [0.25, 0.3) is 0 Å². The maximum Gasteiger partial charge on any atom is 0.413 e. The zero-order valence-corrected chi connectivity index (χ0v) is 27.2. The number of nitrogens with zero attached hydrogens (tertiary/aromatic N) is 1. The predicted octanol–water partition coefficient (Wildman–Crippen LogP) is 7.05. The quantitative estimate of drug-likeness (QED) is 0.289. The van der Waals surface area contributed by atoms with Gasteiger partial charge in [-0.1, -0.05) is 108 Å². The smallest absolute Gasteiger partial charge is 0.413 e. The molecule has 1 aliphatic heterocycles. The van der Waals surface area contributed by atoms with Crippen LogP contribution < -0.4 is 10.4 Å². The second-order valence-electron chi connectivity index (χ2n) is 14.6. The highest BCUT2D eigenvalue weighted by atomic mass is 28.4. The van der Waals surface area contributed by atoms with E-state index in [2.05, 4.69) is 108 Å². The number of hydrogen-bond acceptors (Lipinski definition) is 4. The van der Waals surface area contributed by atoms with E-state index in [-0.39, 0.29) is 28.8 Å². The standard InChI is InChI=1S/C34H49NO4Si/c1-31(2,3)23-27-28(38-30(36)35-33(7,8)24-37-34(35,9)10)21-22-29(27)39-40(32(4,5)6,25-17-13-11-14-18-25)26-19-15-12-16-20-26/h11-20,23,28-29H,21-22,24H2,1-10H3/b27-23-/t28-,29+/m1/s1. The van der Waals surface area contributed by atoms with Gasteiger partial charge in [-0.3, -0.25) is 4.90 Å². The normalized spacial score (nSPS) is 23.9. The maximum absolute atomic E-state index is 13.7. The lowest BCUT2D eigenvalue weighted by molar-refractivity contribution is -0.0558. The molecule has 1 aliphatic carbocycles. The lowest BCUT2D eigenvalue weighted by atomic mass is 9.92. The van der Waals surface area contributed by atoms with Crippen LogP contribution in [-0.2, 0) is 13.9 Å².